The summed E-state index contributed by atoms with van der Waals surface area (Å²) in [6.45, 7) is 6.72. The average Bonchev–Trinajstić information content (AvgIpc) is 2.88. The van der Waals surface area contributed by atoms with Crippen molar-refractivity contribution < 1.29 is 35.3 Å². The summed E-state index contributed by atoms with van der Waals surface area (Å²) in [6, 6.07) is 4.04. The van der Waals surface area contributed by atoms with E-state index in [2.05, 4.69) is 21.3 Å². The van der Waals surface area contributed by atoms with Crippen LogP contribution >= 0.6 is 0 Å². The SMILES string of the molecule is CCCN(C1CCc2ccc(OS(=O)(=O)C(F)(F)F)cc2C1)C(C(=O)N1CCOCC1)C1CCNCC1. The van der Waals surface area contributed by atoms with Crippen LogP contribution in [0.1, 0.15) is 43.7 Å². The van der Waals surface area contributed by atoms with Gasteiger partial charge in [0.05, 0.1) is 19.3 Å². The number of piperidine rings is 1. The molecule has 2 fully saturated rings. The zero-order valence-electron chi connectivity index (χ0n) is 21.1. The van der Waals surface area contributed by atoms with Crippen molar-refractivity contribution >= 4 is 16.0 Å². The topological polar surface area (TPSA) is 88.2 Å². The average molecular weight is 548 g/mol. The quantitative estimate of drug-likeness (QED) is 0.396. The van der Waals surface area contributed by atoms with Crippen LogP contribution in [0.5, 0.6) is 5.75 Å². The van der Waals surface area contributed by atoms with Gasteiger partial charge in [0.1, 0.15) is 5.75 Å². The molecule has 0 spiro atoms. The Kier molecular flexibility index (Phi) is 9.03. The molecule has 2 aliphatic heterocycles. The van der Waals surface area contributed by atoms with E-state index < -0.39 is 15.6 Å². The van der Waals surface area contributed by atoms with Crippen molar-refractivity contribution in [3.05, 3.63) is 29.3 Å². The molecule has 208 valence electrons. The van der Waals surface area contributed by atoms with Gasteiger partial charge in [-0.2, -0.15) is 21.6 Å². The third-order valence-corrected chi connectivity index (χ3v) is 8.56. The first-order chi connectivity index (χ1) is 17.6. The number of alkyl halides is 3. The maximum Gasteiger partial charge on any atom is 0.534 e. The predicted molar refractivity (Wildman–Crippen MR) is 132 cm³/mol. The molecule has 0 saturated carbocycles. The fourth-order valence-electron chi connectivity index (χ4n) is 5.78. The van der Waals surface area contributed by atoms with E-state index in [-0.39, 0.29) is 29.7 Å². The number of carbonyl (C=O) groups is 1. The molecule has 2 heterocycles. The number of nitrogens with zero attached hydrogens (tertiary/aromatic N) is 2. The summed E-state index contributed by atoms with van der Waals surface area (Å²) in [5, 5.41) is 3.38. The number of fused-ring (bicyclic) bond motifs is 1. The van der Waals surface area contributed by atoms with Crippen LogP contribution in [0, 0.1) is 5.92 Å². The minimum Gasteiger partial charge on any atom is -0.378 e. The third-order valence-electron chi connectivity index (χ3n) is 7.58. The summed E-state index contributed by atoms with van der Waals surface area (Å²) in [4.78, 5) is 18.1. The summed E-state index contributed by atoms with van der Waals surface area (Å²) in [6.07, 6.45) is 4.67. The maximum absolute atomic E-state index is 13.9. The van der Waals surface area contributed by atoms with Crippen LogP contribution in [0.15, 0.2) is 18.2 Å². The molecule has 1 amide bonds. The fraction of sp³-hybridized carbons (Fsp3) is 0.720. The van der Waals surface area contributed by atoms with Crippen molar-refractivity contribution in [2.24, 2.45) is 5.92 Å². The molecule has 2 saturated heterocycles. The molecule has 1 N–H and O–H groups in total. The predicted octanol–water partition coefficient (Wildman–Crippen LogP) is 2.71. The van der Waals surface area contributed by atoms with Gasteiger partial charge in [0, 0.05) is 19.1 Å². The molecular weight excluding hydrogens is 511 g/mol. The van der Waals surface area contributed by atoms with Gasteiger partial charge in [-0.05, 0) is 87.3 Å². The smallest absolute Gasteiger partial charge is 0.378 e. The van der Waals surface area contributed by atoms with Crippen LogP contribution in [-0.2, 0) is 32.5 Å². The first-order valence-electron chi connectivity index (χ1n) is 13.1. The zero-order valence-corrected chi connectivity index (χ0v) is 22.0. The summed E-state index contributed by atoms with van der Waals surface area (Å²) in [5.74, 6) is -0.0167. The lowest BCUT2D eigenvalue weighted by Crippen LogP contribution is -2.59. The van der Waals surface area contributed by atoms with Crippen LogP contribution in [0.3, 0.4) is 0 Å². The highest BCUT2D eigenvalue weighted by Gasteiger charge is 2.48. The molecule has 37 heavy (non-hydrogen) atoms. The van der Waals surface area contributed by atoms with Crippen molar-refractivity contribution in [2.45, 2.75) is 63.0 Å². The van der Waals surface area contributed by atoms with Crippen molar-refractivity contribution in [3.63, 3.8) is 0 Å². The molecular formula is C25H36F3N3O5S. The van der Waals surface area contributed by atoms with E-state index in [1.807, 2.05) is 4.90 Å². The molecule has 2 unspecified atom stereocenters. The van der Waals surface area contributed by atoms with Gasteiger partial charge in [-0.15, -0.1) is 0 Å². The summed E-state index contributed by atoms with van der Waals surface area (Å²) < 4.78 is 71.4. The van der Waals surface area contributed by atoms with Gasteiger partial charge in [-0.25, -0.2) is 0 Å². The van der Waals surface area contributed by atoms with E-state index >= 15 is 0 Å². The lowest BCUT2D eigenvalue weighted by atomic mass is 9.83. The van der Waals surface area contributed by atoms with E-state index in [0.717, 1.165) is 56.4 Å². The van der Waals surface area contributed by atoms with Gasteiger partial charge in [-0.3, -0.25) is 9.69 Å². The van der Waals surface area contributed by atoms with E-state index in [0.29, 0.717) is 39.1 Å². The molecule has 3 aliphatic rings. The maximum atomic E-state index is 13.9. The Hall–Kier alpha value is -1.89. The second-order valence-corrected chi connectivity index (χ2v) is 11.6. The zero-order chi connectivity index (χ0) is 26.6. The standard InChI is InChI=1S/C25H36F3N3O5S/c1-2-11-31(23(19-7-9-29-10-8-19)24(32)30-12-14-35-15-13-30)21-5-3-18-4-6-22(17-20(18)16-21)36-37(33,34)25(26,27)28/h4,6,17,19,21,23,29H,2-3,5,7-16H2,1H3. The van der Waals surface area contributed by atoms with Crippen LogP contribution in [0.2, 0.25) is 0 Å². The lowest BCUT2D eigenvalue weighted by molar-refractivity contribution is -0.145. The van der Waals surface area contributed by atoms with E-state index in [1.54, 1.807) is 6.07 Å². The van der Waals surface area contributed by atoms with E-state index in [4.69, 9.17) is 4.74 Å². The molecule has 0 radical (unpaired) electrons. The largest absolute Gasteiger partial charge is 0.534 e. The number of hydrogen-bond acceptors (Lipinski definition) is 7. The van der Waals surface area contributed by atoms with E-state index in [1.165, 1.54) is 12.1 Å². The fourth-order valence-corrected chi connectivity index (χ4v) is 6.23. The van der Waals surface area contributed by atoms with Crippen molar-refractivity contribution in [1.29, 1.82) is 0 Å². The Morgan fingerprint density at radius 2 is 1.89 bits per heavy atom. The number of benzene rings is 1. The number of rotatable bonds is 8. The number of ether oxygens (including phenoxy) is 1. The second kappa shape index (κ2) is 11.9. The van der Waals surface area contributed by atoms with Gasteiger partial charge < -0.3 is 19.1 Å². The molecule has 0 bridgehead atoms. The first-order valence-corrected chi connectivity index (χ1v) is 14.5. The minimum absolute atomic E-state index is 0.00630. The molecule has 4 rings (SSSR count). The van der Waals surface area contributed by atoms with Gasteiger partial charge in [0.25, 0.3) is 0 Å². The molecule has 1 aromatic carbocycles. The van der Waals surface area contributed by atoms with Gasteiger partial charge >= 0.3 is 15.6 Å². The third kappa shape index (κ3) is 6.58. The minimum atomic E-state index is -5.74. The second-order valence-electron chi connectivity index (χ2n) is 10.0. The van der Waals surface area contributed by atoms with Crippen LogP contribution < -0.4 is 9.50 Å². The summed E-state index contributed by atoms with van der Waals surface area (Å²) in [5.41, 5.74) is -3.77. The van der Waals surface area contributed by atoms with Gasteiger partial charge in [0.2, 0.25) is 5.91 Å². The molecule has 0 aromatic heterocycles. The van der Waals surface area contributed by atoms with Gasteiger partial charge in [-0.1, -0.05) is 13.0 Å². The summed E-state index contributed by atoms with van der Waals surface area (Å²) >= 11 is 0. The lowest BCUT2D eigenvalue weighted by Gasteiger charge is -2.45. The van der Waals surface area contributed by atoms with E-state index in [9.17, 15) is 26.4 Å². The molecule has 12 heteroatoms. The van der Waals surface area contributed by atoms with Crippen LogP contribution in [-0.4, -0.2) is 87.7 Å². The van der Waals surface area contributed by atoms with Crippen molar-refractivity contribution in [2.75, 3.05) is 45.9 Å². The highest BCUT2D eigenvalue weighted by Crippen LogP contribution is 2.34. The normalized spacial score (nSPS) is 22.5. The number of halogens is 3. The highest BCUT2D eigenvalue weighted by molar-refractivity contribution is 7.88. The Morgan fingerprint density at radius 3 is 2.54 bits per heavy atom. The number of amides is 1. The van der Waals surface area contributed by atoms with Crippen molar-refractivity contribution in [1.82, 2.24) is 15.1 Å². The Morgan fingerprint density at radius 1 is 1.19 bits per heavy atom. The molecule has 2 atom stereocenters. The number of hydrogen-bond donors (Lipinski definition) is 1. The van der Waals surface area contributed by atoms with Crippen LogP contribution in [0.4, 0.5) is 13.2 Å². The van der Waals surface area contributed by atoms with Crippen LogP contribution in [0.25, 0.3) is 0 Å². The number of morpholine rings is 1. The van der Waals surface area contributed by atoms with Gasteiger partial charge in [0.15, 0.2) is 0 Å². The molecule has 8 nitrogen and oxygen atoms in total. The molecule has 1 aromatic rings. The molecule has 1 aliphatic carbocycles. The summed E-state index contributed by atoms with van der Waals surface area (Å²) in [7, 11) is -5.74. The Balaban J connectivity index is 1.59. The highest BCUT2D eigenvalue weighted by atomic mass is 32.2. The monoisotopic (exact) mass is 547 g/mol. The van der Waals surface area contributed by atoms with Crippen molar-refractivity contribution in [3.8, 4) is 5.75 Å². The number of nitrogens with one attached hydrogen (secondary N) is 1. The Labute approximate surface area is 216 Å². The first kappa shape index (κ1) is 28.1. The Bertz CT molecular complexity index is 1040. The number of aryl methyl sites for hydroxylation is 1. The number of carbonyl (C=O) groups excluding carboxylic acids is 1.